The van der Waals surface area contributed by atoms with Crippen molar-refractivity contribution in [3.63, 3.8) is 0 Å². The normalized spacial score (nSPS) is 10.7. The quantitative estimate of drug-likeness (QED) is 0.456. The molecule has 20 heavy (non-hydrogen) atoms. The lowest BCUT2D eigenvalue weighted by molar-refractivity contribution is 0.0986. The lowest BCUT2D eigenvalue weighted by atomic mass is 10.0. The number of rotatable bonds is 3. The van der Waals surface area contributed by atoms with Gasteiger partial charge in [-0.1, -0.05) is 0 Å². The average molecular weight is 347 g/mol. The van der Waals surface area contributed by atoms with E-state index in [0.29, 0.717) is 6.07 Å². The average Bonchev–Trinajstić information content (AvgIpc) is 2.41. The van der Waals surface area contributed by atoms with Crippen LogP contribution in [0.2, 0.25) is 0 Å². The summed E-state index contributed by atoms with van der Waals surface area (Å²) in [6, 6.07) is 4.48. The third kappa shape index (κ3) is 2.90. The van der Waals surface area contributed by atoms with Crippen molar-refractivity contribution in [2.75, 3.05) is 0 Å². The number of carbonyl (C=O) groups is 1. The maximum absolute atomic E-state index is 13.7. The molecule has 0 atom stereocenters. The minimum Gasteiger partial charge on any atom is -0.294 e. The van der Waals surface area contributed by atoms with Crippen LogP contribution in [0.1, 0.15) is 15.9 Å². The van der Waals surface area contributed by atoms with Gasteiger partial charge in [0.05, 0.1) is 10.0 Å². The molecule has 0 unspecified atom stereocenters. The first kappa shape index (κ1) is 14.7. The smallest absolute Gasteiger partial charge is 0.170 e. The summed E-state index contributed by atoms with van der Waals surface area (Å²) in [4.78, 5) is 11.8. The van der Waals surface area contributed by atoms with Crippen LogP contribution in [-0.2, 0) is 6.42 Å². The first-order valence-electron chi connectivity index (χ1n) is 5.50. The molecule has 0 aliphatic heterocycles. The Morgan fingerprint density at radius 2 is 1.65 bits per heavy atom. The van der Waals surface area contributed by atoms with Gasteiger partial charge in [-0.15, -0.1) is 0 Å². The van der Waals surface area contributed by atoms with Crippen molar-refractivity contribution in [2.24, 2.45) is 0 Å². The number of ketones is 1. The van der Waals surface area contributed by atoms with E-state index in [1.807, 2.05) is 0 Å². The van der Waals surface area contributed by atoms with E-state index >= 15 is 0 Å². The second-order valence-corrected chi connectivity index (χ2v) is 4.90. The molecule has 0 aliphatic carbocycles. The summed E-state index contributed by atoms with van der Waals surface area (Å²) in [5, 5.41) is 0. The Labute approximate surface area is 120 Å². The Balaban J connectivity index is 2.38. The van der Waals surface area contributed by atoms with Crippen LogP contribution in [0.4, 0.5) is 17.6 Å². The lowest BCUT2D eigenvalue weighted by Gasteiger charge is -2.07. The molecule has 0 aromatic heterocycles. The minimum atomic E-state index is -0.938. The predicted molar refractivity (Wildman–Crippen MR) is 68.5 cm³/mol. The van der Waals surface area contributed by atoms with E-state index in [9.17, 15) is 22.4 Å². The fraction of sp³-hybridized carbons (Fsp3) is 0.0714. The van der Waals surface area contributed by atoms with Crippen LogP contribution in [0.3, 0.4) is 0 Å². The van der Waals surface area contributed by atoms with E-state index in [1.54, 1.807) is 0 Å². The van der Waals surface area contributed by atoms with Crippen molar-refractivity contribution in [3.05, 3.63) is 69.2 Å². The predicted octanol–water partition coefficient (Wildman–Crippen LogP) is 4.43. The third-order valence-corrected chi connectivity index (χ3v) is 3.32. The molecular weight excluding hydrogens is 340 g/mol. The van der Waals surface area contributed by atoms with E-state index in [4.69, 9.17) is 0 Å². The summed E-state index contributed by atoms with van der Waals surface area (Å²) in [6.07, 6.45) is -0.697. The molecule has 0 fully saturated rings. The third-order valence-electron chi connectivity index (χ3n) is 2.71. The van der Waals surface area contributed by atoms with Crippen molar-refractivity contribution in [2.45, 2.75) is 6.42 Å². The summed E-state index contributed by atoms with van der Waals surface area (Å²) in [5.41, 5.74) is -1.03. The summed E-state index contributed by atoms with van der Waals surface area (Å²) in [6.45, 7) is 0. The summed E-state index contributed by atoms with van der Waals surface area (Å²) in [5.74, 6) is -4.50. The van der Waals surface area contributed by atoms with Gasteiger partial charge in [0, 0.05) is 12.0 Å². The largest absolute Gasteiger partial charge is 0.294 e. The molecule has 0 N–H and O–H groups in total. The molecule has 2 aromatic rings. The highest BCUT2D eigenvalue weighted by Gasteiger charge is 2.19. The molecular formula is C14H7BrF4O. The van der Waals surface area contributed by atoms with E-state index in [0.717, 1.165) is 24.3 Å². The number of hydrogen-bond acceptors (Lipinski definition) is 1. The van der Waals surface area contributed by atoms with Crippen LogP contribution in [0.25, 0.3) is 0 Å². The molecule has 104 valence electrons. The fourth-order valence-electron chi connectivity index (χ4n) is 1.70. The number of Topliss-reactive ketones (excluding diaryl/α,β-unsaturated/α-hetero) is 1. The molecule has 0 radical (unpaired) electrons. The van der Waals surface area contributed by atoms with Gasteiger partial charge >= 0.3 is 0 Å². The fourth-order valence-corrected chi connectivity index (χ4v) is 2.07. The maximum atomic E-state index is 13.7. The molecule has 0 aliphatic rings. The first-order valence-corrected chi connectivity index (χ1v) is 6.30. The van der Waals surface area contributed by atoms with E-state index in [-0.39, 0.29) is 4.47 Å². The highest BCUT2D eigenvalue weighted by atomic mass is 79.9. The number of carbonyl (C=O) groups excluding carboxylic acids is 1. The van der Waals surface area contributed by atoms with Crippen LogP contribution >= 0.6 is 15.9 Å². The summed E-state index contributed by atoms with van der Waals surface area (Å²) in [7, 11) is 0. The lowest BCUT2D eigenvalue weighted by Crippen LogP contribution is -2.10. The van der Waals surface area contributed by atoms with E-state index in [1.165, 1.54) is 0 Å². The zero-order valence-electron chi connectivity index (χ0n) is 9.89. The number of benzene rings is 2. The summed E-state index contributed by atoms with van der Waals surface area (Å²) < 4.78 is 53.6. The van der Waals surface area contributed by atoms with Gasteiger partial charge < -0.3 is 0 Å². The minimum absolute atomic E-state index is 0.0126. The Bertz CT molecular complexity index is 685. The molecule has 2 aromatic carbocycles. The molecule has 0 saturated heterocycles. The second-order valence-electron chi connectivity index (χ2n) is 4.05. The van der Waals surface area contributed by atoms with Crippen molar-refractivity contribution in [1.29, 1.82) is 0 Å². The highest BCUT2D eigenvalue weighted by molar-refractivity contribution is 9.10. The Kier molecular flexibility index (Phi) is 4.23. The van der Waals surface area contributed by atoms with Crippen LogP contribution in [0, 0.1) is 23.3 Å². The topological polar surface area (TPSA) is 17.1 Å². The van der Waals surface area contributed by atoms with Gasteiger partial charge in [-0.2, -0.15) is 0 Å². The number of halogens is 5. The maximum Gasteiger partial charge on any atom is 0.170 e. The molecule has 0 saturated carbocycles. The van der Waals surface area contributed by atoms with Crippen molar-refractivity contribution in [1.82, 2.24) is 0 Å². The Morgan fingerprint density at radius 1 is 1.00 bits per heavy atom. The highest BCUT2D eigenvalue weighted by Crippen LogP contribution is 2.23. The monoisotopic (exact) mass is 346 g/mol. The Hall–Kier alpha value is -1.69. The molecule has 0 amide bonds. The van der Waals surface area contributed by atoms with Crippen molar-refractivity contribution >= 4 is 21.7 Å². The molecule has 2 rings (SSSR count). The molecule has 0 heterocycles. The van der Waals surface area contributed by atoms with Crippen LogP contribution in [-0.4, -0.2) is 5.78 Å². The van der Waals surface area contributed by atoms with Crippen LogP contribution < -0.4 is 0 Å². The van der Waals surface area contributed by atoms with Crippen molar-refractivity contribution < 1.29 is 22.4 Å². The van der Waals surface area contributed by atoms with Gasteiger partial charge in [0.1, 0.15) is 23.3 Å². The zero-order chi connectivity index (χ0) is 14.9. The van der Waals surface area contributed by atoms with Gasteiger partial charge in [0.25, 0.3) is 0 Å². The van der Waals surface area contributed by atoms with Gasteiger partial charge in [0.15, 0.2) is 5.78 Å². The molecule has 0 spiro atoms. The Morgan fingerprint density at radius 3 is 2.35 bits per heavy atom. The van der Waals surface area contributed by atoms with Gasteiger partial charge in [-0.25, -0.2) is 17.6 Å². The second kappa shape index (κ2) is 5.75. The standard InChI is InChI=1S/C14H7BrF4O/c15-10-2-4-12(18)9(14(10)19)6-13(20)8-5-7(16)1-3-11(8)17/h1-5H,6H2. The van der Waals surface area contributed by atoms with E-state index < -0.39 is 46.6 Å². The van der Waals surface area contributed by atoms with E-state index in [2.05, 4.69) is 15.9 Å². The molecule has 6 heteroatoms. The van der Waals surface area contributed by atoms with Crippen LogP contribution in [0.15, 0.2) is 34.8 Å². The van der Waals surface area contributed by atoms with Crippen molar-refractivity contribution in [3.8, 4) is 0 Å². The number of hydrogen-bond donors (Lipinski definition) is 0. The van der Waals surface area contributed by atoms with Gasteiger partial charge in [0.2, 0.25) is 0 Å². The first-order chi connectivity index (χ1) is 9.40. The molecule has 1 nitrogen and oxygen atoms in total. The van der Waals surface area contributed by atoms with Crippen LogP contribution in [0.5, 0.6) is 0 Å². The SMILES string of the molecule is O=C(Cc1c(F)ccc(Br)c1F)c1cc(F)ccc1F. The van der Waals surface area contributed by atoms with Gasteiger partial charge in [-0.05, 0) is 46.3 Å². The summed E-state index contributed by atoms with van der Waals surface area (Å²) >= 11 is 2.87. The van der Waals surface area contributed by atoms with Gasteiger partial charge in [-0.3, -0.25) is 4.79 Å². The molecule has 0 bridgehead atoms. The zero-order valence-corrected chi connectivity index (χ0v) is 11.5.